The molecule has 2 aliphatic rings. The van der Waals surface area contributed by atoms with Gasteiger partial charge in [0.05, 0.1) is 6.61 Å². The van der Waals surface area contributed by atoms with Crippen LogP contribution in [0.5, 0.6) is 5.75 Å². The average Bonchev–Trinajstić information content (AvgIpc) is 3.23. The van der Waals surface area contributed by atoms with Crippen LogP contribution in [-0.4, -0.2) is 30.1 Å². The fourth-order valence-electron chi connectivity index (χ4n) is 3.12. The second-order valence-electron chi connectivity index (χ2n) is 5.74. The molecule has 1 heterocycles. The van der Waals surface area contributed by atoms with Crippen LogP contribution in [0.4, 0.5) is 0 Å². The second-order valence-corrected chi connectivity index (χ2v) is 5.74. The molecule has 0 bridgehead atoms. The Kier molecular flexibility index (Phi) is 5.12. The maximum atomic E-state index is 5.94. The van der Waals surface area contributed by atoms with Crippen LogP contribution in [0.2, 0.25) is 0 Å². The molecule has 2 nitrogen and oxygen atoms in total. The molecule has 0 amide bonds. The van der Waals surface area contributed by atoms with E-state index in [1.54, 1.807) is 0 Å². The first-order valence-corrected chi connectivity index (χ1v) is 7.28. The van der Waals surface area contributed by atoms with Gasteiger partial charge in [-0.1, -0.05) is 18.2 Å². The minimum Gasteiger partial charge on any atom is -0.493 e. The number of ether oxygens (including phenoxy) is 1. The molecule has 3 rings (SSSR count). The average molecular weight is 282 g/mol. The molecule has 1 saturated carbocycles. The number of para-hydroxylation sites is 1. The van der Waals surface area contributed by atoms with Crippen molar-refractivity contribution < 1.29 is 4.74 Å². The topological polar surface area (TPSA) is 12.5 Å². The van der Waals surface area contributed by atoms with Crippen LogP contribution in [0, 0.1) is 5.92 Å². The van der Waals surface area contributed by atoms with Crippen LogP contribution in [-0.2, 0) is 0 Å². The number of nitrogens with zero attached hydrogens (tertiary/aromatic N) is 1. The second kappa shape index (κ2) is 6.62. The molecule has 106 valence electrons. The van der Waals surface area contributed by atoms with Gasteiger partial charge < -0.3 is 4.74 Å². The van der Waals surface area contributed by atoms with E-state index in [0.29, 0.717) is 12.0 Å². The number of rotatable bonds is 4. The molecule has 1 aromatic carbocycles. The fourth-order valence-corrected chi connectivity index (χ4v) is 3.12. The van der Waals surface area contributed by atoms with E-state index in [-0.39, 0.29) is 12.4 Å². The minimum absolute atomic E-state index is 0. The number of halogens is 1. The highest BCUT2D eigenvalue weighted by Crippen LogP contribution is 2.34. The monoisotopic (exact) mass is 281 g/mol. The Morgan fingerprint density at radius 3 is 2.58 bits per heavy atom. The summed E-state index contributed by atoms with van der Waals surface area (Å²) in [5.41, 5.74) is 0. The smallest absolute Gasteiger partial charge is 0.119 e. The molecule has 2 atom stereocenters. The molecule has 3 heteroatoms. The Hall–Kier alpha value is -0.730. The van der Waals surface area contributed by atoms with E-state index >= 15 is 0 Å². The van der Waals surface area contributed by atoms with E-state index < -0.39 is 0 Å². The predicted octanol–water partition coefficient (Wildman–Crippen LogP) is 3.75. The Labute approximate surface area is 122 Å². The van der Waals surface area contributed by atoms with Gasteiger partial charge in [-0.25, -0.2) is 0 Å². The molecule has 2 unspecified atom stereocenters. The molecular formula is C16H24ClNO. The normalized spacial score (nSPS) is 27.6. The Balaban J connectivity index is 0.00000133. The van der Waals surface area contributed by atoms with Gasteiger partial charge in [-0.05, 0) is 51.3 Å². The molecule has 1 aromatic rings. The SMILES string of the molecule is CC1C(COc2ccccc2)CCCN1C1CC1.Cl. The molecule has 1 saturated heterocycles. The molecule has 0 N–H and O–H groups in total. The van der Waals surface area contributed by atoms with Crippen molar-refractivity contribution in [2.75, 3.05) is 13.2 Å². The number of hydrogen-bond donors (Lipinski definition) is 0. The molecule has 0 spiro atoms. The van der Waals surface area contributed by atoms with Gasteiger partial charge in [0.25, 0.3) is 0 Å². The maximum Gasteiger partial charge on any atom is 0.119 e. The number of benzene rings is 1. The van der Waals surface area contributed by atoms with Crippen LogP contribution in [0.1, 0.15) is 32.6 Å². The summed E-state index contributed by atoms with van der Waals surface area (Å²) in [6.45, 7) is 4.55. The van der Waals surface area contributed by atoms with E-state index in [9.17, 15) is 0 Å². The van der Waals surface area contributed by atoms with Crippen molar-refractivity contribution in [3.63, 3.8) is 0 Å². The van der Waals surface area contributed by atoms with Crippen molar-refractivity contribution in [2.24, 2.45) is 5.92 Å². The van der Waals surface area contributed by atoms with Gasteiger partial charge in [0, 0.05) is 18.0 Å². The third kappa shape index (κ3) is 3.64. The van der Waals surface area contributed by atoms with Gasteiger partial charge in [-0.3, -0.25) is 4.90 Å². The summed E-state index contributed by atoms with van der Waals surface area (Å²) in [4.78, 5) is 2.71. The van der Waals surface area contributed by atoms with Crippen molar-refractivity contribution >= 4 is 12.4 Å². The van der Waals surface area contributed by atoms with Gasteiger partial charge in [-0.15, -0.1) is 12.4 Å². The quantitative estimate of drug-likeness (QED) is 0.833. The van der Waals surface area contributed by atoms with Gasteiger partial charge >= 0.3 is 0 Å². The van der Waals surface area contributed by atoms with E-state index in [0.717, 1.165) is 18.4 Å². The summed E-state index contributed by atoms with van der Waals surface area (Å²) >= 11 is 0. The van der Waals surface area contributed by atoms with E-state index in [1.165, 1.54) is 32.2 Å². The van der Waals surface area contributed by atoms with Crippen LogP contribution in [0.15, 0.2) is 30.3 Å². The van der Waals surface area contributed by atoms with Crippen molar-refractivity contribution in [3.05, 3.63) is 30.3 Å². The Morgan fingerprint density at radius 2 is 1.89 bits per heavy atom. The third-order valence-electron chi connectivity index (χ3n) is 4.42. The summed E-state index contributed by atoms with van der Waals surface area (Å²) < 4.78 is 5.94. The van der Waals surface area contributed by atoms with Crippen LogP contribution >= 0.6 is 12.4 Å². The molecule has 0 aromatic heterocycles. The van der Waals surface area contributed by atoms with Crippen molar-refractivity contribution in [1.82, 2.24) is 4.90 Å². The predicted molar refractivity (Wildman–Crippen MR) is 81.1 cm³/mol. The third-order valence-corrected chi connectivity index (χ3v) is 4.42. The zero-order valence-corrected chi connectivity index (χ0v) is 12.4. The largest absolute Gasteiger partial charge is 0.493 e. The summed E-state index contributed by atoms with van der Waals surface area (Å²) in [5.74, 6) is 1.70. The summed E-state index contributed by atoms with van der Waals surface area (Å²) in [7, 11) is 0. The first kappa shape index (κ1) is 14.7. The van der Waals surface area contributed by atoms with E-state index in [1.807, 2.05) is 30.3 Å². The molecule has 2 fully saturated rings. The Morgan fingerprint density at radius 1 is 1.16 bits per heavy atom. The van der Waals surface area contributed by atoms with Gasteiger partial charge in [-0.2, -0.15) is 0 Å². The lowest BCUT2D eigenvalue weighted by Crippen LogP contribution is -2.46. The first-order valence-electron chi connectivity index (χ1n) is 7.28. The van der Waals surface area contributed by atoms with Crippen molar-refractivity contribution in [3.8, 4) is 5.75 Å². The zero-order valence-electron chi connectivity index (χ0n) is 11.6. The lowest BCUT2D eigenvalue weighted by Gasteiger charge is -2.39. The van der Waals surface area contributed by atoms with Crippen LogP contribution < -0.4 is 4.74 Å². The molecule has 1 aliphatic heterocycles. The molecule has 19 heavy (non-hydrogen) atoms. The lowest BCUT2D eigenvalue weighted by molar-refractivity contribution is 0.0671. The standard InChI is InChI=1S/C16H23NO.ClH/c1-13-14(6-5-11-17(13)15-9-10-15)12-18-16-7-3-2-4-8-16;/h2-4,7-8,13-15H,5-6,9-12H2,1H3;1H. The highest BCUT2D eigenvalue weighted by Gasteiger charge is 2.37. The van der Waals surface area contributed by atoms with Crippen LogP contribution in [0.25, 0.3) is 0 Å². The highest BCUT2D eigenvalue weighted by molar-refractivity contribution is 5.85. The van der Waals surface area contributed by atoms with Gasteiger partial charge in [0.2, 0.25) is 0 Å². The Bertz CT molecular complexity index is 380. The summed E-state index contributed by atoms with van der Waals surface area (Å²) in [6.07, 6.45) is 5.48. The van der Waals surface area contributed by atoms with Crippen molar-refractivity contribution in [1.29, 1.82) is 0 Å². The number of piperidine rings is 1. The number of hydrogen-bond acceptors (Lipinski definition) is 2. The molecular weight excluding hydrogens is 258 g/mol. The lowest BCUT2D eigenvalue weighted by atomic mass is 9.91. The molecule has 0 radical (unpaired) electrons. The van der Waals surface area contributed by atoms with Gasteiger partial charge in [0.15, 0.2) is 0 Å². The fraction of sp³-hybridized carbons (Fsp3) is 0.625. The first-order chi connectivity index (χ1) is 8.84. The maximum absolute atomic E-state index is 5.94. The summed E-state index contributed by atoms with van der Waals surface area (Å²) in [5, 5.41) is 0. The van der Waals surface area contributed by atoms with E-state index in [2.05, 4.69) is 11.8 Å². The minimum atomic E-state index is 0. The molecule has 1 aliphatic carbocycles. The number of likely N-dealkylation sites (tertiary alicyclic amines) is 1. The van der Waals surface area contributed by atoms with Gasteiger partial charge in [0.1, 0.15) is 5.75 Å². The van der Waals surface area contributed by atoms with Crippen molar-refractivity contribution in [2.45, 2.75) is 44.7 Å². The summed E-state index contributed by atoms with van der Waals surface area (Å²) in [6, 6.07) is 11.8. The zero-order chi connectivity index (χ0) is 12.4. The van der Waals surface area contributed by atoms with Crippen LogP contribution in [0.3, 0.4) is 0 Å². The van der Waals surface area contributed by atoms with E-state index in [4.69, 9.17) is 4.74 Å². The highest BCUT2D eigenvalue weighted by atomic mass is 35.5.